The number of β-amino-alcohol motifs (C(OH)–C–C–N with tert-alkyl or cyclic N) is 1. The first kappa shape index (κ1) is 29.3. The van der Waals surface area contributed by atoms with Gasteiger partial charge in [-0.1, -0.05) is 41.5 Å². The predicted molar refractivity (Wildman–Crippen MR) is 143 cm³/mol. The summed E-state index contributed by atoms with van der Waals surface area (Å²) >= 11 is 0. The van der Waals surface area contributed by atoms with Gasteiger partial charge in [0, 0.05) is 17.6 Å². The van der Waals surface area contributed by atoms with E-state index < -0.39 is 16.2 Å². The van der Waals surface area contributed by atoms with Crippen LogP contribution in [0.4, 0.5) is 0 Å². The first-order valence-electron chi connectivity index (χ1n) is 11.6. The molecule has 1 unspecified atom stereocenters. The van der Waals surface area contributed by atoms with E-state index in [1.807, 2.05) is 80.6 Å². The van der Waals surface area contributed by atoms with E-state index in [0.29, 0.717) is 19.4 Å². The van der Waals surface area contributed by atoms with Gasteiger partial charge in [-0.2, -0.15) is 8.42 Å². The maximum atomic E-state index is 10.7. The fourth-order valence-corrected chi connectivity index (χ4v) is 3.07. The second-order valence-corrected chi connectivity index (χ2v) is 11.2. The minimum Gasteiger partial charge on any atom is -0.489 e. The maximum Gasteiger partial charge on any atom is 0.261 e. The monoisotopic (exact) mass is 515 g/mol. The summed E-state index contributed by atoms with van der Waals surface area (Å²) in [5.74, 6) is 2.29. The molecule has 0 aliphatic heterocycles. The zero-order valence-corrected chi connectivity index (χ0v) is 22.6. The Kier molecular flexibility index (Phi) is 10.5. The molecule has 0 bridgehead atoms. The van der Waals surface area contributed by atoms with E-state index in [9.17, 15) is 13.5 Å². The second kappa shape index (κ2) is 12.9. The smallest absolute Gasteiger partial charge is 0.261 e. The minimum atomic E-state index is -3.67. The third-order valence-electron chi connectivity index (χ3n) is 4.96. The van der Waals surface area contributed by atoms with Gasteiger partial charge in [-0.05, 0) is 76.6 Å². The van der Waals surface area contributed by atoms with Gasteiger partial charge >= 0.3 is 0 Å². The van der Waals surface area contributed by atoms with Crippen LogP contribution in [-0.2, 0) is 16.7 Å². The Bertz CT molecular complexity index is 1190. The van der Waals surface area contributed by atoms with Crippen LogP contribution in [0.25, 0.3) is 0 Å². The van der Waals surface area contributed by atoms with Gasteiger partial charge in [0.15, 0.2) is 0 Å². The molecule has 8 heteroatoms. The minimum absolute atomic E-state index is 0.0626. The van der Waals surface area contributed by atoms with E-state index in [-0.39, 0.29) is 5.54 Å². The molecular formula is C28H37NO6S. The molecule has 0 saturated heterocycles. The summed E-state index contributed by atoms with van der Waals surface area (Å²) in [6.07, 6.45) is 0.0956. The molecule has 7 nitrogen and oxygen atoms in total. The average molecular weight is 516 g/mol. The van der Waals surface area contributed by atoms with Crippen molar-refractivity contribution in [2.24, 2.45) is 0 Å². The molecule has 3 aromatic rings. The lowest BCUT2D eigenvalue weighted by Gasteiger charge is -2.23. The van der Waals surface area contributed by atoms with Crippen molar-refractivity contribution in [3.05, 3.63) is 89.0 Å². The molecular weight excluding hydrogens is 478 g/mol. The molecule has 0 amide bonds. The summed E-state index contributed by atoms with van der Waals surface area (Å²) in [7, 11) is -3.67. The Hall–Kier alpha value is -2.91. The first-order chi connectivity index (χ1) is 16.7. The third kappa shape index (κ3) is 11.7. The lowest BCUT2D eigenvalue weighted by Crippen LogP contribution is -2.38. The van der Waals surface area contributed by atoms with Crippen LogP contribution in [0.15, 0.2) is 66.7 Å². The van der Waals surface area contributed by atoms with Gasteiger partial charge in [0.05, 0.1) is 12.4 Å². The highest BCUT2D eigenvalue weighted by Crippen LogP contribution is 2.30. The molecule has 3 N–H and O–H groups in total. The zero-order chi connectivity index (χ0) is 26.9. The van der Waals surface area contributed by atoms with E-state index in [2.05, 4.69) is 26.1 Å². The number of benzene rings is 3. The van der Waals surface area contributed by atoms with Crippen LogP contribution in [0.3, 0.4) is 0 Å². The van der Waals surface area contributed by atoms with Gasteiger partial charge in [0.25, 0.3) is 10.1 Å². The molecule has 0 radical (unpaired) electrons. The van der Waals surface area contributed by atoms with Crippen molar-refractivity contribution in [1.82, 2.24) is 5.32 Å². The molecule has 36 heavy (non-hydrogen) atoms. The van der Waals surface area contributed by atoms with Gasteiger partial charge < -0.3 is 19.9 Å². The normalized spacial score (nSPS) is 12.3. The standard InChI is InChI=1S/C27H33NO3.CH4O3S/c1-19-6-11-23(12-7-19)30-18-22-16-21(25(29)17-28-27(3,4)5)10-15-26(22)31-24-13-8-20(2)9-14-24;1-5(2,3)4/h6-16,25,28-29H,17-18H2,1-5H3;1H3,(H,2,3,4). The Labute approximate surface area is 214 Å². The SMILES string of the molecule is CS(=O)(=O)O.Cc1ccc(OCc2cc(C(O)CNC(C)(C)C)ccc2Oc2ccc(C)cc2)cc1. The molecule has 0 heterocycles. The van der Waals surface area contributed by atoms with Crippen LogP contribution in [-0.4, -0.2) is 36.4 Å². The third-order valence-corrected chi connectivity index (χ3v) is 4.96. The molecule has 0 aromatic heterocycles. The molecule has 0 spiro atoms. The summed E-state index contributed by atoms with van der Waals surface area (Å²) in [6, 6.07) is 21.7. The van der Waals surface area contributed by atoms with Crippen molar-refractivity contribution in [1.29, 1.82) is 0 Å². The number of aliphatic hydroxyl groups excluding tert-OH is 1. The first-order valence-corrected chi connectivity index (χ1v) is 13.5. The molecule has 3 aromatic carbocycles. The average Bonchev–Trinajstić information content (AvgIpc) is 2.78. The fraction of sp³-hybridized carbons (Fsp3) is 0.357. The van der Waals surface area contributed by atoms with Gasteiger partial charge in [-0.3, -0.25) is 4.55 Å². The predicted octanol–water partition coefficient (Wildman–Crippen LogP) is 5.60. The topological polar surface area (TPSA) is 105 Å². The number of aryl methyl sites for hydroxylation is 2. The highest BCUT2D eigenvalue weighted by Gasteiger charge is 2.16. The van der Waals surface area contributed by atoms with E-state index in [4.69, 9.17) is 14.0 Å². The van der Waals surface area contributed by atoms with Crippen LogP contribution in [0.1, 0.15) is 49.1 Å². The van der Waals surface area contributed by atoms with E-state index in [0.717, 1.165) is 28.4 Å². The van der Waals surface area contributed by atoms with Crippen LogP contribution in [0.5, 0.6) is 17.2 Å². The number of rotatable bonds is 8. The van der Waals surface area contributed by atoms with E-state index >= 15 is 0 Å². The maximum absolute atomic E-state index is 10.7. The van der Waals surface area contributed by atoms with Crippen LogP contribution in [0, 0.1) is 13.8 Å². The van der Waals surface area contributed by atoms with Crippen LogP contribution >= 0.6 is 0 Å². The Balaban J connectivity index is 0.000000830. The summed E-state index contributed by atoms with van der Waals surface area (Å²) < 4.78 is 38.0. The van der Waals surface area contributed by atoms with Crippen molar-refractivity contribution in [3.8, 4) is 17.2 Å². The summed E-state index contributed by atoms with van der Waals surface area (Å²) in [5, 5.41) is 14.0. The number of nitrogens with one attached hydrogen (secondary N) is 1. The lowest BCUT2D eigenvalue weighted by molar-refractivity contribution is 0.163. The number of aliphatic hydroxyl groups is 1. The highest BCUT2D eigenvalue weighted by atomic mass is 32.2. The Morgan fingerprint density at radius 1 is 0.889 bits per heavy atom. The fourth-order valence-electron chi connectivity index (χ4n) is 3.07. The van der Waals surface area contributed by atoms with Gasteiger partial charge in [0.1, 0.15) is 23.9 Å². The summed E-state index contributed by atoms with van der Waals surface area (Å²) in [4.78, 5) is 0. The van der Waals surface area contributed by atoms with Crippen molar-refractivity contribution >= 4 is 10.1 Å². The largest absolute Gasteiger partial charge is 0.489 e. The van der Waals surface area contributed by atoms with Crippen molar-refractivity contribution in [2.45, 2.75) is 52.9 Å². The lowest BCUT2D eigenvalue weighted by atomic mass is 10.0. The van der Waals surface area contributed by atoms with Gasteiger partial charge in [-0.25, -0.2) is 0 Å². The molecule has 0 aliphatic rings. The van der Waals surface area contributed by atoms with Gasteiger partial charge in [-0.15, -0.1) is 0 Å². The zero-order valence-electron chi connectivity index (χ0n) is 21.8. The van der Waals surface area contributed by atoms with Gasteiger partial charge in [0.2, 0.25) is 0 Å². The van der Waals surface area contributed by atoms with Crippen molar-refractivity contribution in [2.75, 3.05) is 12.8 Å². The Morgan fingerprint density at radius 2 is 1.39 bits per heavy atom. The van der Waals surface area contributed by atoms with Crippen molar-refractivity contribution in [3.63, 3.8) is 0 Å². The van der Waals surface area contributed by atoms with Crippen molar-refractivity contribution < 1.29 is 27.6 Å². The number of hydrogen-bond acceptors (Lipinski definition) is 6. The molecule has 0 fully saturated rings. The van der Waals surface area contributed by atoms with E-state index in [1.165, 1.54) is 11.1 Å². The molecule has 0 aliphatic carbocycles. The highest BCUT2D eigenvalue weighted by molar-refractivity contribution is 7.85. The summed E-state index contributed by atoms with van der Waals surface area (Å²) in [5.41, 5.74) is 4.02. The molecule has 196 valence electrons. The molecule has 0 saturated carbocycles. The Morgan fingerprint density at radius 3 is 1.89 bits per heavy atom. The van der Waals surface area contributed by atoms with Crippen LogP contribution < -0.4 is 14.8 Å². The summed E-state index contributed by atoms with van der Waals surface area (Å²) in [6.45, 7) is 11.2. The second-order valence-electron chi connectivity index (χ2n) is 9.76. The number of ether oxygens (including phenoxy) is 2. The number of hydrogen-bond donors (Lipinski definition) is 3. The molecule has 3 rings (SSSR count). The quantitative estimate of drug-likeness (QED) is 0.335. The van der Waals surface area contributed by atoms with Crippen LogP contribution in [0.2, 0.25) is 0 Å². The van der Waals surface area contributed by atoms with E-state index in [1.54, 1.807) is 0 Å². The molecule has 1 atom stereocenters.